The van der Waals surface area contributed by atoms with Crippen LogP contribution < -0.4 is 0 Å². The van der Waals surface area contributed by atoms with Gasteiger partial charge in [-0.1, -0.05) is 19.4 Å². The van der Waals surface area contributed by atoms with Crippen molar-refractivity contribution in [1.82, 2.24) is 0 Å². The predicted octanol–water partition coefficient (Wildman–Crippen LogP) is 3.93. The Morgan fingerprint density at radius 1 is 0.864 bits per heavy atom. The summed E-state index contributed by atoms with van der Waals surface area (Å²) in [6.45, 7) is 5.44. The minimum atomic E-state index is -0.627. The lowest BCUT2D eigenvalue weighted by molar-refractivity contribution is -0.157. The third kappa shape index (κ3) is 4.85. The standard InChI is InChI=1S/C18H28O4/c1-13(17(19)21-15-9-5-3-6-10-15)14(2)18(20)22-16-11-7-4-8-12-16/h14-16H,1,3-12H2,2H3. The van der Waals surface area contributed by atoms with E-state index in [9.17, 15) is 9.59 Å². The van der Waals surface area contributed by atoms with Crippen molar-refractivity contribution in [2.24, 2.45) is 5.92 Å². The van der Waals surface area contributed by atoms with Crippen LogP contribution in [-0.2, 0) is 19.1 Å². The van der Waals surface area contributed by atoms with E-state index in [1.165, 1.54) is 12.8 Å². The van der Waals surface area contributed by atoms with Gasteiger partial charge in [-0.15, -0.1) is 0 Å². The molecule has 0 bridgehead atoms. The first-order valence-corrected chi connectivity index (χ1v) is 8.68. The zero-order valence-electron chi connectivity index (χ0n) is 13.6. The highest BCUT2D eigenvalue weighted by Crippen LogP contribution is 2.24. The van der Waals surface area contributed by atoms with Crippen molar-refractivity contribution in [3.8, 4) is 0 Å². The lowest BCUT2D eigenvalue weighted by Gasteiger charge is -2.25. The number of carbonyl (C=O) groups excluding carboxylic acids is 2. The molecule has 2 rings (SSSR count). The fourth-order valence-electron chi connectivity index (χ4n) is 3.18. The van der Waals surface area contributed by atoms with Gasteiger partial charge in [0.1, 0.15) is 12.2 Å². The van der Waals surface area contributed by atoms with Crippen LogP contribution in [0.4, 0.5) is 0 Å². The zero-order chi connectivity index (χ0) is 15.9. The van der Waals surface area contributed by atoms with Crippen molar-refractivity contribution < 1.29 is 19.1 Å². The Bertz CT molecular complexity index is 403. The van der Waals surface area contributed by atoms with Gasteiger partial charge in [0.25, 0.3) is 0 Å². The summed E-state index contributed by atoms with van der Waals surface area (Å²) in [6, 6.07) is 0. The van der Waals surface area contributed by atoms with E-state index in [1.807, 2.05) is 0 Å². The topological polar surface area (TPSA) is 52.6 Å². The number of esters is 2. The smallest absolute Gasteiger partial charge is 0.334 e. The summed E-state index contributed by atoms with van der Waals surface area (Å²) in [6.07, 6.45) is 10.5. The molecule has 0 aromatic rings. The summed E-state index contributed by atoms with van der Waals surface area (Å²) in [5.41, 5.74) is 0.214. The van der Waals surface area contributed by atoms with Crippen molar-refractivity contribution in [2.75, 3.05) is 0 Å². The van der Waals surface area contributed by atoms with E-state index in [0.717, 1.165) is 51.4 Å². The molecule has 1 unspecified atom stereocenters. The predicted molar refractivity (Wildman–Crippen MR) is 84.2 cm³/mol. The highest BCUT2D eigenvalue weighted by Gasteiger charge is 2.28. The van der Waals surface area contributed by atoms with Crippen LogP contribution in [-0.4, -0.2) is 24.1 Å². The SMILES string of the molecule is C=C(C(=O)OC1CCCCC1)C(C)C(=O)OC1CCCCC1. The van der Waals surface area contributed by atoms with Crippen LogP contribution in [0.5, 0.6) is 0 Å². The van der Waals surface area contributed by atoms with Gasteiger partial charge in [-0.25, -0.2) is 4.79 Å². The molecule has 0 N–H and O–H groups in total. The second kappa shape index (κ2) is 8.35. The van der Waals surface area contributed by atoms with Crippen molar-refractivity contribution in [1.29, 1.82) is 0 Å². The average Bonchev–Trinajstić information content (AvgIpc) is 2.55. The number of hydrogen-bond acceptors (Lipinski definition) is 4. The van der Waals surface area contributed by atoms with Crippen LogP contribution in [0, 0.1) is 5.92 Å². The molecule has 0 aliphatic heterocycles. The molecule has 4 nitrogen and oxygen atoms in total. The quantitative estimate of drug-likeness (QED) is 0.570. The van der Waals surface area contributed by atoms with Crippen LogP contribution in [0.15, 0.2) is 12.2 Å². The average molecular weight is 308 g/mol. The maximum absolute atomic E-state index is 12.2. The first-order chi connectivity index (χ1) is 10.6. The van der Waals surface area contributed by atoms with Gasteiger partial charge in [0.2, 0.25) is 0 Å². The lowest BCUT2D eigenvalue weighted by Crippen LogP contribution is -2.29. The van der Waals surface area contributed by atoms with E-state index in [4.69, 9.17) is 9.47 Å². The molecule has 2 fully saturated rings. The highest BCUT2D eigenvalue weighted by atomic mass is 16.6. The molecule has 0 radical (unpaired) electrons. The molecule has 124 valence electrons. The third-order valence-corrected chi connectivity index (χ3v) is 4.80. The van der Waals surface area contributed by atoms with Gasteiger partial charge in [-0.3, -0.25) is 4.79 Å². The molecule has 0 aromatic carbocycles. The van der Waals surface area contributed by atoms with E-state index in [2.05, 4.69) is 6.58 Å². The van der Waals surface area contributed by atoms with E-state index < -0.39 is 11.9 Å². The molecule has 22 heavy (non-hydrogen) atoms. The van der Waals surface area contributed by atoms with Gasteiger partial charge in [0.05, 0.1) is 5.92 Å². The van der Waals surface area contributed by atoms with Gasteiger partial charge in [0.15, 0.2) is 0 Å². The molecule has 1 atom stereocenters. The van der Waals surface area contributed by atoms with Gasteiger partial charge in [-0.05, 0) is 58.3 Å². The monoisotopic (exact) mass is 308 g/mol. The van der Waals surface area contributed by atoms with Crippen molar-refractivity contribution in [2.45, 2.75) is 83.3 Å². The first kappa shape index (κ1) is 17.0. The molecule has 0 saturated heterocycles. The van der Waals surface area contributed by atoms with E-state index >= 15 is 0 Å². The molecule has 0 amide bonds. The zero-order valence-corrected chi connectivity index (χ0v) is 13.6. The van der Waals surface area contributed by atoms with Crippen LogP contribution in [0.25, 0.3) is 0 Å². The Labute approximate surface area is 133 Å². The Hall–Kier alpha value is -1.32. The fourth-order valence-corrected chi connectivity index (χ4v) is 3.18. The van der Waals surface area contributed by atoms with Gasteiger partial charge >= 0.3 is 11.9 Å². The van der Waals surface area contributed by atoms with Crippen LogP contribution in [0.1, 0.15) is 71.1 Å². The van der Waals surface area contributed by atoms with Crippen LogP contribution in [0.2, 0.25) is 0 Å². The summed E-state index contributed by atoms with van der Waals surface area (Å²) < 4.78 is 11.0. The van der Waals surface area contributed by atoms with Crippen molar-refractivity contribution >= 4 is 11.9 Å². The first-order valence-electron chi connectivity index (χ1n) is 8.68. The molecule has 2 saturated carbocycles. The summed E-state index contributed by atoms with van der Waals surface area (Å²) in [7, 11) is 0. The molecule has 0 spiro atoms. The molecule has 2 aliphatic rings. The minimum absolute atomic E-state index is 0.00543. The third-order valence-electron chi connectivity index (χ3n) is 4.80. The largest absolute Gasteiger partial charge is 0.462 e. The Balaban J connectivity index is 1.78. The molecule has 4 heteroatoms. The van der Waals surface area contributed by atoms with Crippen LogP contribution >= 0.6 is 0 Å². The number of carbonyl (C=O) groups is 2. The maximum atomic E-state index is 12.2. The van der Waals surface area contributed by atoms with Gasteiger partial charge in [-0.2, -0.15) is 0 Å². The van der Waals surface area contributed by atoms with Gasteiger partial charge < -0.3 is 9.47 Å². The highest BCUT2D eigenvalue weighted by molar-refractivity contribution is 5.94. The summed E-state index contributed by atoms with van der Waals surface area (Å²) in [4.78, 5) is 24.3. The lowest BCUT2D eigenvalue weighted by atomic mass is 9.96. The van der Waals surface area contributed by atoms with Crippen molar-refractivity contribution in [3.63, 3.8) is 0 Å². The maximum Gasteiger partial charge on any atom is 0.334 e. The molecule has 0 aromatic heterocycles. The molecular formula is C18H28O4. The fraction of sp³-hybridized carbons (Fsp3) is 0.778. The number of ether oxygens (including phenoxy) is 2. The Morgan fingerprint density at radius 2 is 1.32 bits per heavy atom. The Kier molecular flexibility index (Phi) is 6.47. The molecular weight excluding hydrogens is 280 g/mol. The van der Waals surface area contributed by atoms with E-state index in [-0.39, 0.29) is 23.8 Å². The van der Waals surface area contributed by atoms with Gasteiger partial charge in [0, 0.05) is 5.57 Å². The minimum Gasteiger partial charge on any atom is -0.462 e. The van der Waals surface area contributed by atoms with Crippen molar-refractivity contribution in [3.05, 3.63) is 12.2 Å². The summed E-state index contributed by atoms with van der Waals surface area (Å²) >= 11 is 0. The van der Waals surface area contributed by atoms with Crippen LogP contribution in [0.3, 0.4) is 0 Å². The van der Waals surface area contributed by atoms with E-state index in [1.54, 1.807) is 6.92 Å². The second-order valence-electron chi connectivity index (χ2n) is 6.61. The molecule has 2 aliphatic carbocycles. The Morgan fingerprint density at radius 3 is 1.82 bits per heavy atom. The number of rotatable bonds is 5. The normalized spacial score (nSPS) is 21.9. The van der Waals surface area contributed by atoms with E-state index in [0.29, 0.717) is 0 Å². The molecule has 0 heterocycles. The number of hydrogen-bond donors (Lipinski definition) is 0. The summed E-state index contributed by atoms with van der Waals surface area (Å²) in [5, 5.41) is 0. The summed E-state index contributed by atoms with van der Waals surface area (Å²) in [5.74, 6) is -1.42. The second-order valence-corrected chi connectivity index (χ2v) is 6.61.